The van der Waals surface area contributed by atoms with Crippen LogP contribution in [0.5, 0.6) is 11.5 Å². The van der Waals surface area contributed by atoms with Crippen LogP contribution in [0.3, 0.4) is 0 Å². The van der Waals surface area contributed by atoms with Crippen LogP contribution in [0.2, 0.25) is 0 Å². The lowest BCUT2D eigenvalue weighted by molar-refractivity contribution is 0.482. The molecule has 0 bridgehead atoms. The highest BCUT2D eigenvalue weighted by atomic mass is 32.1. The van der Waals surface area contributed by atoms with Gasteiger partial charge in [0.2, 0.25) is 0 Å². The van der Waals surface area contributed by atoms with Gasteiger partial charge < -0.3 is 4.74 Å². The Morgan fingerprint density at radius 1 is 0.688 bits per heavy atom. The Morgan fingerprint density at radius 3 is 1.31 bits per heavy atom. The molecule has 0 atom stereocenters. The van der Waals surface area contributed by atoms with Gasteiger partial charge in [0, 0.05) is 0 Å². The van der Waals surface area contributed by atoms with E-state index in [9.17, 15) is 0 Å². The molecule has 0 aliphatic rings. The van der Waals surface area contributed by atoms with Crippen molar-refractivity contribution in [2.24, 2.45) is 0 Å². The second-order valence-electron chi connectivity index (χ2n) is 2.80. The summed E-state index contributed by atoms with van der Waals surface area (Å²) >= 11 is -0.750. The smallest absolute Gasteiger partial charge is 0.335 e. The van der Waals surface area contributed by atoms with E-state index in [0.29, 0.717) is 0 Å². The number of hydrogen-bond acceptors (Lipinski definition) is 3. The molecule has 3 nitrogen and oxygen atoms in total. The lowest BCUT2D eigenvalue weighted by Gasteiger charge is -2.03. The van der Waals surface area contributed by atoms with E-state index in [2.05, 4.69) is 0 Å². The van der Waals surface area contributed by atoms with Gasteiger partial charge in [-0.3, -0.25) is 0 Å². The third kappa shape index (κ3) is 4.52. The second-order valence-corrected chi connectivity index (χ2v) is 2.93. The van der Waals surface area contributed by atoms with Crippen LogP contribution in [0, 0.1) is 0 Å². The highest BCUT2D eigenvalue weighted by Crippen LogP contribution is 2.19. The SMILES string of the molecule is O=S=O.c1ccc(Oc2ccccc2)cc1. The summed E-state index contributed by atoms with van der Waals surface area (Å²) in [6, 6.07) is 19.5. The topological polar surface area (TPSA) is 43.4 Å². The molecule has 0 amide bonds. The quantitative estimate of drug-likeness (QED) is 0.802. The van der Waals surface area contributed by atoms with Gasteiger partial charge in [-0.2, -0.15) is 8.42 Å². The Labute approximate surface area is 97.3 Å². The van der Waals surface area contributed by atoms with E-state index in [1.165, 1.54) is 0 Å². The fourth-order valence-corrected chi connectivity index (χ4v) is 1.11. The van der Waals surface area contributed by atoms with Crippen molar-refractivity contribution in [3.63, 3.8) is 0 Å². The largest absolute Gasteiger partial charge is 0.457 e. The number of benzene rings is 2. The minimum atomic E-state index is -0.750. The van der Waals surface area contributed by atoms with E-state index in [1.54, 1.807) is 0 Å². The molecular formula is C12H10O3S. The first-order chi connectivity index (χ1) is 7.86. The van der Waals surface area contributed by atoms with Gasteiger partial charge in [-0.1, -0.05) is 36.4 Å². The highest BCUT2D eigenvalue weighted by molar-refractivity contribution is 7.51. The fourth-order valence-electron chi connectivity index (χ4n) is 1.11. The monoisotopic (exact) mass is 234 g/mol. The van der Waals surface area contributed by atoms with Crippen LogP contribution < -0.4 is 4.74 Å². The van der Waals surface area contributed by atoms with Gasteiger partial charge in [0.05, 0.1) is 0 Å². The predicted octanol–water partition coefficient (Wildman–Crippen LogP) is 2.81. The molecule has 0 aromatic heterocycles. The van der Waals surface area contributed by atoms with Crippen LogP contribution in [0.25, 0.3) is 0 Å². The van der Waals surface area contributed by atoms with Gasteiger partial charge in [-0.05, 0) is 24.3 Å². The summed E-state index contributed by atoms with van der Waals surface area (Å²) in [5, 5.41) is 0. The molecule has 2 aromatic rings. The second kappa shape index (κ2) is 7.36. The maximum absolute atomic E-state index is 8.29. The Kier molecular flexibility index (Phi) is 5.58. The molecular weight excluding hydrogens is 224 g/mol. The number of para-hydroxylation sites is 2. The number of ether oxygens (including phenoxy) is 1. The van der Waals surface area contributed by atoms with E-state index >= 15 is 0 Å². The minimum absolute atomic E-state index is 0.750. The van der Waals surface area contributed by atoms with Crippen molar-refractivity contribution >= 4 is 11.6 Å². The van der Waals surface area contributed by atoms with E-state index < -0.39 is 11.6 Å². The van der Waals surface area contributed by atoms with Crippen molar-refractivity contribution in [1.82, 2.24) is 0 Å². The summed E-state index contributed by atoms with van der Waals surface area (Å²) in [5.41, 5.74) is 0. The number of rotatable bonds is 2. The molecule has 2 aromatic carbocycles. The first kappa shape index (κ1) is 12.1. The standard InChI is InChI=1S/C12H10O.O2S/c1-3-7-11(8-4-1)13-12-9-5-2-6-10-12;1-3-2/h1-10H;. The zero-order valence-electron chi connectivity index (χ0n) is 8.41. The molecule has 0 radical (unpaired) electrons. The van der Waals surface area contributed by atoms with Crippen LogP contribution in [-0.2, 0) is 11.6 Å². The van der Waals surface area contributed by atoms with Crippen molar-refractivity contribution in [2.45, 2.75) is 0 Å². The molecule has 16 heavy (non-hydrogen) atoms. The summed E-state index contributed by atoms with van der Waals surface area (Å²) < 4.78 is 22.2. The molecule has 0 aliphatic heterocycles. The van der Waals surface area contributed by atoms with Crippen LogP contribution in [-0.4, -0.2) is 8.42 Å². The van der Waals surface area contributed by atoms with Crippen LogP contribution in [0.4, 0.5) is 0 Å². The van der Waals surface area contributed by atoms with Gasteiger partial charge in [0.1, 0.15) is 11.5 Å². The van der Waals surface area contributed by atoms with Gasteiger partial charge in [-0.15, -0.1) is 0 Å². The van der Waals surface area contributed by atoms with Crippen molar-refractivity contribution < 1.29 is 13.2 Å². The van der Waals surface area contributed by atoms with Crippen LogP contribution in [0.15, 0.2) is 60.7 Å². The number of hydrogen-bond donors (Lipinski definition) is 0. The Bertz CT molecular complexity index is 399. The van der Waals surface area contributed by atoms with Gasteiger partial charge in [-0.25, -0.2) is 0 Å². The third-order valence-electron chi connectivity index (χ3n) is 1.72. The van der Waals surface area contributed by atoms with Gasteiger partial charge >= 0.3 is 11.6 Å². The molecule has 0 aliphatic carbocycles. The van der Waals surface area contributed by atoms with Crippen molar-refractivity contribution in [1.29, 1.82) is 0 Å². The van der Waals surface area contributed by atoms with Crippen molar-refractivity contribution in [3.8, 4) is 11.5 Å². The lowest BCUT2D eigenvalue weighted by Crippen LogP contribution is -1.81. The fraction of sp³-hybridized carbons (Fsp3) is 0. The van der Waals surface area contributed by atoms with E-state index in [0.717, 1.165) is 11.5 Å². The summed E-state index contributed by atoms with van der Waals surface area (Å²) in [7, 11) is 0. The average molecular weight is 234 g/mol. The van der Waals surface area contributed by atoms with E-state index in [1.807, 2.05) is 60.7 Å². The lowest BCUT2D eigenvalue weighted by atomic mass is 10.3. The summed E-state index contributed by atoms with van der Waals surface area (Å²) in [6.45, 7) is 0. The first-order valence-electron chi connectivity index (χ1n) is 4.56. The van der Waals surface area contributed by atoms with Crippen molar-refractivity contribution in [2.75, 3.05) is 0 Å². The molecule has 0 N–H and O–H groups in total. The highest BCUT2D eigenvalue weighted by Gasteiger charge is 1.92. The van der Waals surface area contributed by atoms with Crippen molar-refractivity contribution in [3.05, 3.63) is 60.7 Å². The molecule has 0 fully saturated rings. The van der Waals surface area contributed by atoms with Crippen LogP contribution >= 0.6 is 0 Å². The molecule has 0 saturated carbocycles. The minimum Gasteiger partial charge on any atom is -0.457 e. The summed E-state index contributed by atoms with van der Waals surface area (Å²) in [5.74, 6) is 1.74. The Hall–Kier alpha value is -1.94. The predicted molar refractivity (Wildman–Crippen MR) is 61.9 cm³/mol. The molecule has 82 valence electrons. The van der Waals surface area contributed by atoms with Crippen LogP contribution in [0.1, 0.15) is 0 Å². The Morgan fingerprint density at radius 2 is 1.00 bits per heavy atom. The summed E-state index contributed by atoms with van der Waals surface area (Å²) in [4.78, 5) is 0. The summed E-state index contributed by atoms with van der Waals surface area (Å²) in [6.07, 6.45) is 0. The molecule has 0 heterocycles. The normalized spacial score (nSPS) is 8.50. The van der Waals surface area contributed by atoms with Gasteiger partial charge in [0.15, 0.2) is 0 Å². The average Bonchev–Trinajstić information content (AvgIpc) is 2.33. The third-order valence-corrected chi connectivity index (χ3v) is 1.72. The Balaban J connectivity index is 0.000000386. The molecule has 0 saturated heterocycles. The van der Waals surface area contributed by atoms with E-state index in [-0.39, 0.29) is 0 Å². The van der Waals surface area contributed by atoms with Gasteiger partial charge in [0.25, 0.3) is 0 Å². The van der Waals surface area contributed by atoms with E-state index in [4.69, 9.17) is 13.2 Å². The first-order valence-corrected chi connectivity index (χ1v) is 5.23. The molecule has 2 rings (SSSR count). The zero-order valence-corrected chi connectivity index (χ0v) is 9.22. The maximum Gasteiger partial charge on any atom is 0.335 e. The molecule has 0 unspecified atom stereocenters. The zero-order chi connectivity index (χ0) is 11.6. The maximum atomic E-state index is 8.29. The molecule has 0 spiro atoms. The molecule has 4 heteroatoms.